The maximum absolute atomic E-state index is 14.4. The number of cyclic esters (lactones) is 1. The maximum atomic E-state index is 14.4. The SMILES string of the molecule is CC(C)(C)[C@@H]1NC(=O)OC/C=C/COc2ccc3c(c2)C(=NO[C@@H]2C[C@@H](C(=O)N[C@]4(C(=O)NS(=O)(=O)C5CC5)C[C@H]4C(F)F)N(C2)C1=O)c1ccccc1-3. The van der Waals surface area contributed by atoms with Crippen molar-refractivity contribution in [2.45, 2.75) is 81.9 Å². The van der Waals surface area contributed by atoms with E-state index in [-0.39, 0.29) is 26.2 Å². The molecule has 2 aliphatic heterocycles. The van der Waals surface area contributed by atoms with E-state index < -0.39 is 87.0 Å². The summed E-state index contributed by atoms with van der Waals surface area (Å²) < 4.78 is 66.5. The lowest BCUT2D eigenvalue weighted by Crippen LogP contribution is -2.60. The Morgan fingerprint density at radius 2 is 1.69 bits per heavy atom. The minimum atomic E-state index is -4.13. The summed E-state index contributed by atoms with van der Waals surface area (Å²) in [5.41, 5.74) is 0.661. The van der Waals surface area contributed by atoms with Gasteiger partial charge in [-0.05, 0) is 66.2 Å². The predicted molar refractivity (Wildman–Crippen MR) is 190 cm³/mol. The summed E-state index contributed by atoms with van der Waals surface area (Å²) in [7, 11) is -4.13. The Bertz CT molecular complexity index is 2050. The maximum Gasteiger partial charge on any atom is 0.408 e. The topological polar surface area (TPSA) is 182 Å². The standard InChI is InChI=1S/C37H41F2N5O9S/c1-36(2,3)30-33(46)44-19-21(17-28(44)32(45)41-37(18-27(37)31(38)39)34(47)43-54(49,50)22-11-12-22)53-42-29-25-9-5-4-8-23(25)24-13-10-20(16-26(24)29)51-14-6-7-15-52-35(48)40-30/h4-10,13,16,21-22,27-28,30-31H,11-12,14-15,17-19H2,1-3H3,(H,40,48)(H,41,45)(H,43,47)/b7-6+,42-29?/t21-,27+,28+,30-,37-/m1/s1. The summed E-state index contributed by atoms with van der Waals surface area (Å²) in [6.07, 6.45) is -1.63. The third kappa shape index (κ3) is 7.24. The third-order valence-electron chi connectivity index (χ3n) is 10.3. The predicted octanol–water partition coefficient (Wildman–Crippen LogP) is 3.24. The van der Waals surface area contributed by atoms with E-state index in [1.807, 2.05) is 47.2 Å². The number of rotatable bonds is 6. The van der Waals surface area contributed by atoms with Crippen molar-refractivity contribution in [3.05, 3.63) is 65.7 Å². The van der Waals surface area contributed by atoms with Crippen LogP contribution in [0.4, 0.5) is 13.6 Å². The average Bonchev–Trinajstić information content (AvgIpc) is 4.03. The molecule has 17 heteroatoms. The molecule has 0 unspecified atom stereocenters. The van der Waals surface area contributed by atoms with Gasteiger partial charge in [0.15, 0.2) is 0 Å². The molecule has 288 valence electrons. The molecule has 14 nitrogen and oxygen atoms in total. The zero-order chi connectivity index (χ0) is 38.6. The number of nitrogens with one attached hydrogen (secondary N) is 3. The van der Waals surface area contributed by atoms with Gasteiger partial charge in [-0.2, -0.15) is 0 Å². The minimum absolute atomic E-state index is 0.132. The Morgan fingerprint density at radius 1 is 1.00 bits per heavy atom. The summed E-state index contributed by atoms with van der Waals surface area (Å²) in [6, 6.07) is 10.5. The highest BCUT2D eigenvalue weighted by Gasteiger charge is 2.67. The molecule has 2 aromatic carbocycles. The number of nitrogens with zero attached hydrogens (tertiary/aromatic N) is 2. The van der Waals surface area contributed by atoms with Crippen LogP contribution in [0.5, 0.6) is 5.75 Å². The molecular weight excluding hydrogens is 728 g/mol. The number of fused-ring (bicyclic) bond motifs is 6. The van der Waals surface area contributed by atoms with Crippen LogP contribution in [0.1, 0.15) is 57.6 Å². The number of alkyl carbamates (subject to hydrolysis) is 1. The van der Waals surface area contributed by atoms with E-state index >= 15 is 0 Å². The smallest absolute Gasteiger partial charge is 0.408 e. The van der Waals surface area contributed by atoms with Crippen LogP contribution in [0.25, 0.3) is 11.1 Å². The quantitative estimate of drug-likeness (QED) is 0.317. The fraction of sp³-hybridized carbons (Fsp3) is 0.486. The van der Waals surface area contributed by atoms with Gasteiger partial charge in [0.1, 0.15) is 48.4 Å². The number of amides is 4. The van der Waals surface area contributed by atoms with Gasteiger partial charge in [-0.15, -0.1) is 0 Å². The van der Waals surface area contributed by atoms with Gasteiger partial charge in [0.2, 0.25) is 28.3 Å². The molecule has 3 N–H and O–H groups in total. The second-order valence-electron chi connectivity index (χ2n) is 15.3. The van der Waals surface area contributed by atoms with Crippen molar-refractivity contribution in [3.8, 4) is 16.9 Å². The molecule has 3 aliphatic carbocycles. The van der Waals surface area contributed by atoms with Crippen molar-refractivity contribution < 1.29 is 50.7 Å². The average molecular weight is 770 g/mol. The highest BCUT2D eigenvalue weighted by Crippen LogP contribution is 2.48. The molecule has 2 saturated carbocycles. The van der Waals surface area contributed by atoms with E-state index in [2.05, 4.69) is 15.8 Å². The lowest BCUT2D eigenvalue weighted by atomic mass is 9.85. The van der Waals surface area contributed by atoms with Gasteiger partial charge >= 0.3 is 6.09 Å². The third-order valence-corrected chi connectivity index (χ3v) is 12.1. The van der Waals surface area contributed by atoms with Gasteiger partial charge in [-0.3, -0.25) is 19.1 Å². The molecule has 0 radical (unpaired) electrons. The molecule has 5 aliphatic rings. The first-order chi connectivity index (χ1) is 25.6. The van der Waals surface area contributed by atoms with Crippen molar-refractivity contribution >= 4 is 39.5 Å². The number of carbonyl (C=O) groups is 4. The first-order valence-corrected chi connectivity index (χ1v) is 19.3. The lowest BCUT2D eigenvalue weighted by Gasteiger charge is -2.35. The van der Waals surface area contributed by atoms with Crippen LogP contribution >= 0.6 is 0 Å². The van der Waals surface area contributed by atoms with Crippen molar-refractivity contribution in [2.24, 2.45) is 16.5 Å². The molecule has 3 fully saturated rings. The lowest BCUT2D eigenvalue weighted by molar-refractivity contribution is -0.143. The molecule has 2 aromatic rings. The van der Waals surface area contributed by atoms with Gasteiger partial charge in [-0.1, -0.05) is 50.2 Å². The van der Waals surface area contributed by atoms with E-state index in [4.69, 9.17) is 14.3 Å². The molecule has 4 amide bonds. The Morgan fingerprint density at radius 3 is 2.35 bits per heavy atom. The van der Waals surface area contributed by atoms with E-state index in [9.17, 15) is 36.4 Å². The molecule has 7 rings (SSSR count). The zero-order valence-corrected chi connectivity index (χ0v) is 30.7. The monoisotopic (exact) mass is 769 g/mol. The molecular formula is C37H41F2N5O9S. The minimum Gasteiger partial charge on any atom is -0.490 e. The molecule has 0 aromatic heterocycles. The van der Waals surface area contributed by atoms with Gasteiger partial charge < -0.3 is 29.8 Å². The van der Waals surface area contributed by atoms with E-state index in [0.29, 0.717) is 24.3 Å². The summed E-state index contributed by atoms with van der Waals surface area (Å²) in [5.74, 6) is -4.04. The summed E-state index contributed by atoms with van der Waals surface area (Å²) in [6.45, 7) is 4.95. The first-order valence-electron chi connectivity index (χ1n) is 17.7. The molecule has 54 heavy (non-hydrogen) atoms. The fourth-order valence-corrected chi connectivity index (χ4v) is 8.49. The number of sulfonamides is 1. The van der Waals surface area contributed by atoms with Gasteiger partial charge in [0.05, 0.1) is 17.7 Å². The van der Waals surface area contributed by atoms with E-state index in [0.717, 1.165) is 22.3 Å². The molecule has 4 bridgehead atoms. The highest BCUT2D eigenvalue weighted by atomic mass is 32.2. The number of alkyl halides is 2. The summed E-state index contributed by atoms with van der Waals surface area (Å²) in [4.78, 5) is 62.0. The normalized spacial score (nSPS) is 27.4. The van der Waals surface area contributed by atoms with Crippen LogP contribution in [0.2, 0.25) is 0 Å². The summed E-state index contributed by atoms with van der Waals surface area (Å²) >= 11 is 0. The van der Waals surface area contributed by atoms with E-state index in [1.54, 1.807) is 32.9 Å². The number of carbonyl (C=O) groups excluding carboxylic acids is 4. The second kappa shape index (κ2) is 14.0. The number of halogens is 2. The van der Waals surface area contributed by atoms with Crippen LogP contribution in [-0.4, -0.2) is 98.0 Å². The number of benzene rings is 2. The fourth-order valence-electron chi connectivity index (χ4n) is 7.12. The second-order valence-corrected chi connectivity index (χ2v) is 17.2. The molecule has 1 saturated heterocycles. The van der Waals surface area contributed by atoms with Crippen molar-refractivity contribution in [2.75, 3.05) is 19.8 Å². The highest BCUT2D eigenvalue weighted by molar-refractivity contribution is 7.91. The van der Waals surface area contributed by atoms with Crippen LogP contribution < -0.4 is 20.1 Å². The Hall–Kier alpha value is -5.06. The molecule has 0 spiro atoms. The Labute approximate surface area is 310 Å². The first kappa shape index (κ1) is 37.3. The van der Waals surface area contributed by atoms with Crippen LogP contribution in [0.3, 0.4) is 0 Å². The largest absolute Gasteiger partial charge is 0.490 e. The number of hydrogen-bond acceptors (Lipinski definition) is 10. The van der Waals surface area contributed by atoms with Crippen molar-refractivity contribution in [1.82, 2.24) is 20.3 Å². The number of hydrogen-bond donors (Lipinski definition) is 3. The van der Waals surface area contributed by atoms with Crippen LogP contribution in [0.15, 0.2) is 59.8 Å². The summed E-state index contributed by atoms with van der Waals surface area (Å²) in [5, 5.41) is 8.72. The number of ether oxygens (including phenoxy) is 2. The zero-order valence-electron chi connectivity index (χ0n) is 29.8. The number of oxime groups is 1. The Kier molecular flexibility index (Phi) is 9.64. The van der Waals surface area contributed by atoms with Gasteiger partial charge in [0, 0.05) is 17.5 Å². The van der Waals surface area contributed by atoms with Crippen LogP contribution in [-0.2, 0) is 34.0 Å². The van der Waals surface area contributed by atoms with Crippen molar-refractivity contribution in [3.63, 3.8) is 0 Å². The van der Waals surface area contributed by atoms with Gasteiger partial charge in [0.25, 0.3) is 5.91 Å². The molecule has 5 atom stereocenters. The molecule has 2 heterocycles. The van der Waals surface area contributed by atoms with Gasteiger partial charge in [-0.25, -0.2) is 22.0 Å². The Balaban J connectivity index is 1.23. The van der Waals surface area contributed by atoms with Crippen LogP contribution in [0, 0.1) is 11.3 Å². The van der Waals surface area contributed by atoms with Crippen molar-refractivity contribution in [1.29, 1.82) is 0 Å². The van der Waals surface area contributed by atoms with E-state index in [1.165, 1.54) is 4.90 Å².